The molecule has 2 unspecified atom stereocenters. The van der Waals surface area contributed by atoms with Crippen LogP contribution in [0.3, 0.4) is 0 Å². The molecule has 1 fully saturated rings. The molecule has 0 aliphatic carbocycles. The summed E-state index contributed by atoms with van der Waals surface area (Å²) in [4.78, 5) is 14.9. The summed E-state index contributed by atoms with van der Waals surface area (Å²) in [7, 11) is 1.55. The zero-order chi connectivity index (χ0) is 18.6. The molecule has 2 rings (SSSR count). The molecule has 1 saturated heterocycles. The average Bonchev–Trinajstić information content (AvgIpc) is 2.59. The van der Waals surface area contributed by atoms with Crippen LogP contribution < -0.4 is 15.2 Å². The quantitative estimate of drug-likeness (QED) is 0.773. The molecule has 1 aliphatic rings. The van der Waals surface area contributed by atoms with Crippen LogP contribution in [-0.4, -0.2) is 43.2 Å². The number of amides is 1. The van der Waals surface area contributed by atoms with Crippen LogP contribution in [0.15, 0.2) is 12.1 Å². The van der Waals surface area contributed by atoms with Gasteiger partial charge in [0.1, 0.15) is 0 Å². The number of piperidine rings is 1. The van der Waals surface area contributed by atoms with Crippen molar-refractivity contribution in [2.45, 2.75) is 52.1 Å². The first-order valence-corrected chi connectivity index (χ1v) is 9.29. The second-order valence-electron chi connectivity index (χ2n) is 7.12. The minimum atomic E-state index is -0.0599. The Morgan fingerprint density at radius 3 is 2.62 bits per heavy atom. The van der Waals surface area contributed by atoms with E-state index in [0.29, 0.717) is 34.6 Å². The molecule has 0 bridgehead atoms. The van der Waals surface area contributed by atoms with Crippen molar-refractivity contribution in [3.63, 3.8) is 0 Å². The highest BCUT2D eigenvalue weighted by Crippen LogP contribution is 2.37. The van der Waals surface area contributed by atoms with Crippen LogP contribution in [0.4, 0.5) is 0 Å². The predicted octanol–water partition coefficient (Wildman–Crippen LogP) is 4.15. The van der Waals surface area contributed by atoms with Crippen LogP contribution in [-0.2, 0) is 0 Å². The lowest BCUT2D eigenvalue weighted by Crippen LogP contribution is -2.51. The van der Waals surface area contributed by atoms with Gasteiger partial charge in [-0.05, 0) is 44.2 Å². The van der Waals surface area contributed by atoms with Crippen molar-refractivity contribution in [3.05, 3.63) is 22.7 Å². The zero-order valence-electron chi connectivity index (χ0n) is 16.0. The molecule has 1 aliphatic heterocycles. The van der Waals surface area contributed by atoms with E-state index in [1.807, 2.05) is 11.8 Å². The molecule has 1 aromatic rings. The number of rotatable bonds is 6. The van der Waals surface area contributed by atoms with Crippen LogP contribution in [0.1, 0.15) is 50.4 Å². The van der Waals surface area contributed by atoms with E-state index in [1.165, 1.54) is 0 Å². The molecule has 0 aromatic heterocycles. The number of hydrogen-bond donors (Lipinski definition) is 1. The van der Waals surface area contributed by atoms with Gasteiger partial charge in [-0.15, -0.1) is 12.4 Å². The Balaban J connectivity index is 0.00000338. The molecule has 7 heteroatoms. The maximum absolute atomic E-state index is 13.0. The van der Waals surface area contributed by atoms with Crippen LogP contribution in [0.5, 0.6) is 11.5 Å². The van der Waals surface area contributed by atoms with Gasteiger partial charge in [0, 0.05) is 24.2 Å². The molecule has 2 atom stereocenters. The van der Waals surface area contributed by atoms with Crippen molar-refractivity contribution in [1.82, 2.24) is 4.90 Å². The number of nitrogens with zero attached hydrogens (tertiary/aromatic N) is 1. The van der Waals surface area contributed by atoms with Gasteiger partial charge in [0.05, 0.1) is 18.7 Å². The summed E-state index contributed by atoms with van der Waals surface area (Å²) < 4.78 is 11.2. The Kier molecular flexibility index (Phi) is 9.01. The van der Waals surface area contributed by atoms with Crippen LogP contribution in [0.25, 0.3) is 0 Å². The standard InChI is InChI=1S/C19H29ClN2O3.ClH/c1-12(2)11-25-18-15(20)9-14(10-17(18)24-4)19(23)22-8-6-5-7-16(22)13(3)21;/h9-10,12-13,16H,5-8,11,21H2,1-4H3;1H. The highest BCUT2D eigenvalue weighted by Gasteiger charge is 2.30. The SMILES string of the molecule is COc1cc(C(=O)N2CCCCC2C(C)N)cc(Cl)c1OCC(C)C.Cl. The van der Waals surface area contributed by atoms with Crippen molar-refractivity contribution >= 4 is 29.9 Å². The lowest BCUT2D eigenvalue weighted by Gasteiger charge is -2.38. The van der Waals surface area contributed by atoms with E-state index in [1.54, 1.807) is 19.2 Å². The smallest absolute Gasteiger partial charge is 0.254 e. The fourth-order valence-corrected chi connectivity index (χ4v) is 3.42. The van der Waals surface area contributed by atoms with Crippen LogP contribution in [0, 0.1) is 5.92 Å². The van der Waals surface area contributed by atoms with Gasteiger partial charge in [-0.1, -0.05) is 25.4 Å². The molecule has 26 heavy (non-hydrogen) atoms. The third-order valence-corrected chi connectivity index (χ3v) is 4.74. The van der Waals surface area contributed by atoms with Gasteiger partial charge in [-0.25, -0.2) is 0 Å². The summed E-state index contributed by atoms with van der Waals surface area (Å²) in [5.74, 6) is 1.27. The number of hydrogen-bond acceptors (Lipinski definition) is 4. The van der Waals surface area contributed by atoms with E-state index in [-0.39, 0.29) is 30.4 Å². The summed E-state index contributed by atoms with van der Waals surface area (Å²) in [5.41, 5.74) is 6.59. The molecule has 1 aromatic carbocycles. The molecule has 148 valence electrons. The minimum absolute atomic E-state index is 0. The Morgan fingerprint density at radius 1 is 1.35 bits per heavy atom. The van der Waals surface area contributed by atoms with Crippen molar-refractivity contribution in [2.75, 3.05) is 20.3 Å². The fraction of sp³-hybridized carbons (Fsp3) is 0.632. The maximum atomic E-state index is 13.0. The number of likely N-dealkylation sites (tertiary alicyclic amines) is 1. The average molecular weight is 405 g/mol. The summed E-state index contributed by atoms with van der Waals surface area (Å²) in [5, 5.41) is 0.387. The zero-order valence-corrected chi connectivity index (χ0v) is 17.5. The lowest BCUT2D eigenvalue weighted by atomic mass is 9.96. The van der Waals surface area contributed by atoms with E-state index in [0.717, 1.165) is 25.8 Å². The number of methoxy groups -OCH3 is 1. The maximum Gasteiger partial charge on any atom is 0.254 e. The minimum Gasteiger partial charge on any atom is -0.493 e. The van der Waals surface area contributed by atoms with E-state index < -0.39 is 0 Å². The van der Waals surface area contributed by atoms with Crippen molar-refractivity contribution in [3.8, 4) is 11.5 Å². The number of carbonyl (C=O) groups excluding carboxylic acids is 1. The van der Waals surface area contributed by atoms with Crippen LogP contribution in [0.2, 0.25) is 5.02 Å². The summed E-state index contributed by atoms with van der Waals surface area (Å²) in [6.45, 7) is 7.32. The molecule has 1 heterocycles. The second-order valence-corrected chi connectivity index (χ2v) is 7.52. The topological polar surface area (TPSA) is 64.8 Å². The van der Waals surface area contributed by atoms with Gasteiger partial charge in [-0.2, -0.15) is 0 Å². The Labute approximate surface area is 167 Å². The number of halogens is 2. The third kappa shape index (κ3) is 5.41. The highest BCUT2D eigenvalue weighted by molar-refractivity contribution is 6.32. The monoisotopic (exact) mass is 404 g/mol. The Hall–Kier alpha value is -1.17. The van der Waals surface area contributed by atoms with E-state index in [4.69, 9.17) is 26.8 Å². The van der Waals surface area contributed by atoms with Gasteiger partial charge < -0.3 is 20.1 Å². The van der Waals surface area contributed by atoms with E-state index in [2.05, 4.69) is 13.8 Å². The molecular weight excluding hydrogens is 375 g/mol. The largest absolute Gasteiger partial charge is 0.493 e. The number of nitrogens with two attached hydrogens (primary N) is 1. The van der Waals surface area contributed by atoms with Crippen LogP contribution >= 0.6 is 24.0 Å². The molecule has 1 amide bonds. The first-order chi connectivity index (χ1) is 11.8. The first kappa shape index (κ1) is 22.9. The summed E-state index contributed by atoms with van der Waals surface area (Å²) in [6.07, 6.45) is 3.03. The Morgan fingerprint density at radius 2 is 2.04 bits per heavy atom. The fourth-order valence-electron chi connectivity index (χ4n) is 3.16. The summed E-state index contributed by atoms with van der Waals surface area (Å²) in [6, 6.07) is 3.36. The highest BCUT2D eigenvalue weighted by atomic mass is 35.5. The van der Waals surface area contributed by atoms with Gasteiger partial charge in [0.2, 0.25) is 0 Å². The molecule has 2 N–H and O–H groups in total. The molecule has 0 radical (unpaired) electrons. The van der Waals surface area contributed by atoms with Gasteiger partial charge in [0.15, 0.2) is 11.5 Å². The van der Waals surface area contributed by atoms with Crippen molar-refractivity contribution in [2.24, 2.45) is 11.7 Å². The molecule has 0 saturated carbocycles. The molecule has 5 nitrogen and oxygen atoms in total. The lowest BCUT2D eigenvalue weighted by molar-refractivity contribution is 0.0583. The first-order valence-electron chi connectivity index (χ1n) is 8.92. The number of benzene rings is 1. The third-order valence-electron chi connectivity index (χ3n) is 4.45. The van der Waals surface area contributed by atoms with Crippen molar-refractivity contribution < 1.29 is 14.3 Å². The summed E-state index contributed by atoms with van der Waals surface area (Å²) >= 11 is 6.38. The Bertz CT molecular complexity index is 609. The molecular formula is C19H30Cl2N2O3. The number of ether oxygens (including phenoxy) is 2. The normalized spacial score (nSPS) is 18.3. The van der Waals surface area contributed by atoms with Crippen molar-refractivity contribution in [1.29, 1.82) is 0 Å². The number of carbonyl (C=O) groups is 1. The van der Waals surface area contributed by atoms with E-state index in [9.17, 15) is 4.79 Å². The second kappa shape index (κ2) is 10.2. The predicted molar refractivity (Wildman–Crippen MR) is 108 cm³/mol. The van der Waals surface area contributed by atoms with Gasteiger partial charge in [-0.3, -0.25) is 4.79 Å². The van der Waals surface area contributed by atoms with Gasteiger partial charge in [0.25, 0.3) is 5.91 Å². The van der Waals surface area contributed by atoms with Gasteiger partial charge >= 0.3 is 0 Å². The molecule has 0 spiro atoms. The van der Waals surface area contributed by atoms with E-state index >= 15 is 0 Å².